The molecule has 0 saturated heterocycles. The lowest BCUT2D eigenvalue weighted by Crippen LogP contribution is -2.05. The molecule has 18 heavy (non-hydrogen) atoms. The van der Waals surface area contributed by atoms with E-state index in [1.165, 1.54) is 5.56 Å². The van der Waals surface area contributed by atoms with E-state index >= 15 is 0 Å². The average Bonchev–Trinajstić information content (AvgIpc) is 2.38. The first-order chi connectivity index (χ1) is 8.70. The maximum absolute atomic E-state index is 9.02. The largest absolute Gasteiger partial charge is 0.365 e. The summed E-state index contributed by atoms with van der Waals surface area (Å²) in [7, 11) is 0. The van der Waals surface area contributed by atoms with Gasteiger partial charge >= 0.3 is 0 Å². The minimum absolute atomic E-state index is 0.558. The SMILES string of the molecule is Cc1ccc(C#N)c(NCc2cnccc2C)n1. The van der Waals surface area contributed by atoms with Gasteiger partial charge in [0.15, 0.2) is 0 Å². The van der Waals surface area contributed by atoms with Gasteiger partial charge in [-0.2, -0.15) is 5.26 Å². The van der Waals surface area contributed by atoms with Crippen LogP contribution in [0.1, 0.15) is 22.4 Å². The van der Waals surface area contributed by atoms with Gasteiger partial charge in [0.05, 0.1) is 5.56 Å². The smallest absolute Gasteiger partial charge is 0.144 e. The first-order valence-electron chi connectivity index (χ1n) is 5.72. The van der Waals surface area contributed by atoms with Gasteiger partial charge in [0.1, 0.15) is 11.9 Å². The molecule has 0 fully saturated rings. The van der Waals surface area contributed by atoms with Gasteiger partial charge in [0.2, 0.25) is 0 Å². The lowest BCUT2D eigenvalue weighted by molar-refractivity contribution is 1.05. The lowest BCUT2D eigenvalue weighted by atomic mass is 10.1. The Labute approximate surface area is 106 Å². The second kappa shape index (κ2) is 5.28. The molecule has 0 radical (unpaired) electrons. The molecule has 2 heterocycles. The summed E-state index contributed by atoms with van der Waals surface area (Å²) in [4.78, 5) is 8.43. The van der Waals surface area contributed by atoms with Gasteiger partial charge in [-0.25, -0.2) is 4.98 Å². The first-order valence-corrected chi connectivity index (χ1v) is 5.72. The Kier molecular flexibility index (Phi) is 3.54. The van der Waals surface area contributed by atoms with Crippen molar-refractivity contribution in [3.8, 4) is 6.07 Å². The molecule has 0 aromatic carbocycles. The predicted molar refractivity (Wildman–Crippen MR) is 70.0 cm³/mol. The van der Waals surface area contributed by atoms with Crippen molar-refractivity contribution in [1.82, 2.24) is 9.97 Å². The molecule has 1 N–H and O–H groups in total. The van der Waals surface area contributed by atoms with Gasteiger partial charge in [-0.3, -0.25) is 4.98 Å². The molecule has 0 aliphatic carbocycles. The molecule has 2 aromatic heterocycles. The van der Waals surface area contributed by atoms with Crippen LogP contribution in [0.5, 0.6) is 0 Å². The van der Waals surface area contributed by atoms with Crippen LogP contribution < -0.4 is 5.32 Å². The molecule has 0 amide bonds. The summed E-state index contributed by atoms with van der Waals surface area (Å²) in [5, 5.41) is 12.2. The van der Waals surface area contributed by atoms with E-state index in [1.807, 2.05) is 32.2 Å². The predicted octanol–water partition coefficient (Wildman–Crippen LogP) is 2.58. The van der Waals surface area contributed by atoms with E-state index < -0.39 is 0 Å². The van der Waals surface area contributed by atoms with E-state index in [2.05, 4.69) is 21.4 Å². The lowest BCUT2D eigenvalue weighted by Gasteiger charge is -2.09. The monoisotopic (exact) mass is 238 g/mol. The summed E-state index contributed by atoms with van der Waals surface area (Å²) in [5.74, 6) is 0.626. The van der Waals surface area contributed by atoms with Crippen LogP contribution in [0.25, 0.3) is 0 Å². The molecule has 2 rings (SSSR count). The number of aryl methyl sites for hydroxylation is 2. The Hall–Kier alpha value is -2.41. The van der Waals surface area contributed by atoms with Gasteiger partial charge in [0.25, 0.3) is 0 Å². The molecular formula is C14H14N4. The number of hydrogen-bond acceptors (Lipinski definition) is 4. The van der Waals surface area contributed by atoms with Crippen LogP contribution in [0.2, 0.25) is 0 Å². The number of nitrogens with one attached hydrogen (secondary N) is 1. The van der Waals surface area contributed by atoms with Crippen LogP contribution in [0.15, 0.2) is 30.6 Å². The maximum Gasteiger partial charge on any atom is 0.144 e. The summed E-state index contributed by atoms with van der Waals surface area (Å²) in [5.41, 5.74) is 3.72. The maximum atomic E-state index is 9.02. The highest BCUT2D eigenvalue weighted by molar-refractivity contribution is 5.52. The number of rotatable bonds is 3. The molecule has 4 nitrogen and oxygen atoms in total. The topological polar surface area (TPSA) is 61.6 Å². The molecular weight excluding hydrogens is 224 g/mol. The Bertz CT molecular complexity index is 599. The molecule has 2 aromatic rings. The Balaban J connectivity index is 2.18. The van der Waals surface area contributed by atoms with Crippen molar-refractivity contribution in [2.75, 3.05) is 5.32 Å². The van der Waals surface area contributed by atoms with Crippen molar-refractivity contribution in [1.29, 1.82) is 5.26 Å². The molecule has 0 aliphatic heterocycles. The van der Waals surface area contributed by atoms with E-state index in [-0.39, 0.29) is 0 Å². The van der Waals surface area contributed by atoms with Crippen molar-refractivity contribution >= 4 is 5.82 Å². The fraction of sp³-hybridized carbons (Fsp3) is 0.214. The van der Waals surface area contributed by atoms with Gasteiger partial charge in [-0.15, -0.1) is 0 Å². The Morgan fingerprint density at radius 1 is 1.28 bits per heavy atom. The quantitative estimate of drug-likeness (QED) is 0.892. The minimum atomic E-state index is 0.558. The van der Waals surface area contributed by atoms with Gasteiger partial charge in [-0.1, -0.05) is 0 Å². The Morgan fingerprint density at radius 3 is 2.83 bits per heavy atom. The summed E-state index contributed by atoms with van der Waals surface area (Å²) >= 11 is 0. The third-order valence-electron chi connectivity index (χ3n) is 2.75. The van der Waals surface area contributed by atoms with Crippen molar-refractivity contribution in [2.24, 2.45) is 0 Å². The fourth-order valence-corrected chi connectivity index (χ4v) is 1.64. The minimum Gasteiger partial charge on any atom is -0.365 e. The molecule has 0 unspecified atom stereocenters. The van der Waals surface area contributed by atoms with Crippen molar-refractivity contribution in [2.45, 2.75) is 20.4 Å². The summed E-state index contributed by atoms with van der Waals surface area (Å²) < 4.78 is 0. The number of aromatic nitrogens is 2. The highest BCUT2D eigenvalue weighted by Crippen LogP contribution is 2.14. The van der Waals surface area contributed by atoms with Crippen molar-refractivity contribution in [3.63, 3.8) is 0 Å². The number of anilines is 1. The van der Waals surface area contributed by atoms with Crippen LogP contribution in [-0.2, 0) is 6.54 Å². The third-order valence-corrected chi connectivity index (χ3v) is 2.75. The van der Waals surface area contributed by atoms with Crippen molar-refractivity contribution in [3.05, 3.63) is 53.0 Å². The number of nitriles is 1. The third kappa shape index (κ3) is 2.64. The van der Waals surface area contributed by atoms with Crippen LogP contribution in [0, 0.1) is 25.2 Å². The van der Waals surface area contributed by atoms with Crippen LogP contribution >= 0.6 is 0 Å². The normalized spacial score (nSPS) is 9.83. The summed E-state index contributed by atoms with van der Waals surface area (Å²) in [6, 6.07) is 7.71. The fourth-order valence-electron chi connectivity index (χ4n) is 1.64. The summed E-state index contributed by atoms with van der Waals surface area (Å²) in [6.07, 6.45) is 3.59. The van der Waals surface area contributed by atoms with E-state index in [0.717, 1.165) is 11.3 Å². The first kappa shape index (κ1) is 12.1. The molecule has 0 bridgehead atoms. The highest BCUT2D eigenvalue weighted by atomic mass is 15.0. The molecule has 4 heteroatoms. The molecule has 0 spiro atoms. The highest BCUT2D eigenvalue weighted by Gasteiger charge is 2.04. The van der Waals surface area contributed by atoms with Crippen molar-refractivity contribution < 1.29 is 0 Å². The van der Waals surface area contributed by atoms with Gasteiger partial charge in [-0.05, 0) is 43.2 Å². The molecule has 90 valence electrons. The van der Waals surface area contributed by atoms with E-state index in [1.54, 1.807) is 12.3 Å². The zero-order valence-electron chi connectivity index (χ0n) is 10.4. The molecule has 0 saturated carbocycles. The van der Waals surface area contributed by atoms with E-state index in [4.69, 9.17) is 5.26 Å². The molecule has 0 atom stereocenters. The Morgan fingerprint density at radius 2 is 2.11 bits per heavy atom. The standard InChI is InChI=1S/C14H14N4/c1-10-5-6-16-8-13(10)9-17-14-12(7-15)4-3-11(2)18-14/h3-6,8H,9H2,1-2H3,(H,17,18). The van der Waals surface area contributed by atoms with E-state index in [0.29, 0.717) is 17.9 Å². The van der Waals surface area contributed by atoms with Gasteiger partial charge in [0, 0.05) is 24.6 Å². The van der Waals surface area contributed by atoms with Crippen LogP contribution in [0.3, 0.4) is 0 Å². The average molecular weight is 238 g/mol. The number of hydrogen-bond donors (Lipinski definition) is 1. The van der Waals surface area contributed by atoms with Crippen LogP contribution in [-0.4, -0.2) is 9.97 Å². The van der Waals surface area contributed by atoms with Crippen LogP contribution in [0.4, 0.5) is 5.82 Å². The zero-order chi connectivity index (χ0) is 13.0. The zero-order valence-corrected chi connectivity index (χ0v) is 10.4. The second-order valence-corrected chi connectivity index (χ2v) is 4.12. The number of nitrogens with zero attached hydrogens (tertiary/aromatic N) is 3. The van der Waals surface area contributed by atoms with Gasteiger partial charge < -0.3 is 5.32 Å². The summed E-state index contributed by atoms with van der Waals surface area (Å²) in [6.45, 7) is 4.56. The number of pyridine rings is 2. The van der Waals surface area contributed by atoms with E-state index in [9.17, 15) is 0 Å². The second-order valence-electron chi connectivity index (χ2n) is 4.12. The molecule has 0 aliphatic rings.